The number of benzene rings is 1. The molecule has 1 aromatic rings. The molecule has 0 aliphatic heterocycles. The van der Waals surface area contributed by atoms with Crippen LogP contribution in [0, 0.1) is 5.41 Å². The molecule has 1 aliphatic carbocycles. The highest BCUT2D eigenvalue weighted by Crippen LogP contribution is 2.50. The van der Waals surface area contributed by atoms with Gasteiger partial charge in [-0.15, -0.1) is 0 Å². The van der Waals surface area contributed by atoms with Crippen LogP contribution in [0.1, 0.15) is 50.6 Å². The summed E-state index contributed by atoms with van der Waals surface area (Å²) < 4.78 is 6.54. The lowest BCUT2D eigenvalue weighted by Crippen LogP contribution is -2.32. The van der Waals surface area contributed by atoms with Crippen molar-refractivity contribution in [3.05, 3.63) is 28.2 Å². The molecule has 0 bridgehead atoms. The maximum Gasteiger partial charge on any atom is 0.123 e. The van der Waals surface area contributed by atoms with Gasteiger partial charge in [0.25, 0.3) is 0 Å². The number of nitrogens with two attached hydrogens (primary N) is 1. The van der Waals surface area contributed by atoms with E-state index in [1.807, 2.05) is 12.1 Å². The molecule has 18 heavy (non-hydrogen) atoms. The van der Waals surface area contributed by atoms with Crippen LogP contribution in [0.3, 0.4) is 0 Å². The second-order valence-electron chi connectivity index (χ2n) is 5.29. The molecule has 1 unspecified atom stereocenters. The van der Waals surface area contributed by atoms with Crippen LogP contribution in [-0.4, -0.2) is 7.11 Å². The molecule has 1 fully saturated rings. The smallest absolute Gasteiger partial charge is 0.123 e. The van der Waals surface area contributed by atoms with Gasteiger partial charge >= 0.3 is 0 Å². The zero-order valence-corrected chi connectivity index (χ0v) is 12.8. The second kappa shape index (κ2) is 5.62. The van der Waals surface area contributed by atoms with Gasteiger partial charge in [0.15, 0.2) is 0 Å². The quantitative estimate of drug-likeness (QED) is 0.893. The van der Waals surface area contributed by atoms with Crippen LogP contribution in [0.2, 0.25) is 0 Å². The van der Waals surface area contributed by atoms with Gasteiger partial charge in [-0.1, -0.05) is 35.7 Å². The van der Waals surface area contributed by atoms with Gasteiger partial charge in [-0.25, -0.2) is 0 Å². The fourth-order valence-corrected chi connectivity index (χ4v) is 3.62. The first kappa shape index (κ1) is 13.9. The molecule has 1 atom stereocenters. The highest BCUT2D eigenvalue weighted by molar-refractivity contribution is 9.10. The predicted octanol–water partition coefficient (Wildman–Crippen LogP) is 4.43. The monoisotopic (exact) mass is 311 g/mol. The van der Waals surface area contributed by atoms with E-state index in [0.717, 1.165) is 22.2 Å². The van der Waals surface area contributed by atoms with Gasteiger partial charge in [-0.3, -0.25) is 0 Å². The van der Waals surface area contributed by atoms with Crippen molar-refractivity contribution in [2.75, 3.05) is 7.11 Å². The minimum atomic E-state index is 0.0671. The molecule has 0 heterocycles. The van der Waals surface area contributed by atoms with Crippen LogP contribution in [0.4, 0.5) is 0 Å². The van der Waals surface area contributed by atoms with E-state index in [2.05, 4.69) is 28.9 Å². The van der Waals surface area contributed by atoms with Gasteiger partial charge in [0.05, 0.1) is 7.11 Å². The summed E-state index contributed by atoms with van der Waals surface area (Å²) >= 11 is 3.53. The summed E-state index contributed by atoms with van der Waals surface area (Å²) in [6.07, 6.45) is 6.22. The third kappa shape index (κ3) is 2.43. The first-order chi connectivity index (χ1) is 8.63. The zero-order chi connectivity index (χ0) is 13.2. The molecule has 2 rings (SSSR count). The third-order valence-corrected chi connectivity index (χ3v) is 4.98. The topological polar surface area (TPSA) is 35.2 Å². The minimum Gasteiger partial charge on any atom is -0.496 e. The Balaban J connectivity index is 2.37. The predicted molar refractivity (Wildman–Crippen MR) is 78.8 cm³/mol. The summed E-state index contributed by atoms with van der Waals surface area (Å²) in [7, 11) is 1.72. The van der Waals surface area contributed by atoms with Crippen molar-refractivity contribution in [2.24, 2.45) is 11.1 Å². The third-order valence-electron chi connectivity index (χ3n) is 4.49. The molecule has 2 nitrogen and oxygen atoms in total. The highest BCUT2D eigenvalue weighted by atomic mass is 79.9. The lowest BCUT2D eigenvalue weighted by molar-refractivity contribution is 0.218. The van der Waals surface area contributed by atoms with Crippen molar-refractivity contribution in [2.45, 2.75) is 45.1 Å². The SMILES string of the molecule is CCC1(C(N)c2cc(Br)ccc2OC)CCCC1. The molecule has 0 saturated heterocycles. The normalized spacial score (nSPS) is 19.8. The molecule has 1 saturated carbocycles. The molecule has 2 N–H and O–H groups in total. The van der Waals surface area contributed by atoms with Crippen LogP contribution in [0.25, 0.3) is 0 Å². The van der Waals surface area contributed by atoms with Gasteiger partial charge in [-0.05, 0) is 42.9 Å². The molecule has 0 spiro atoms. The van der Waals surface area contributed by atoms with Gasteiger partial charge in [0.1, 0.15) is 5.75 Å². The molecule has 100 valence electrons. The number of hydrogen-bond acceptors (Lipinski definition) is 2. The molecule has 1 aromatic carbocycles. The number of hydrogen-bond donors (Lipinski definition) is 1. The van der Waals surface area contributed by atoms with Crippen molar-refractivity contribution in [3.8, 4) is 5.75 Å². The van der Waals surface area contributed by atoms with E-state index in [1.165, 1.54) is 25.7 Å². The van der Waals surface area contributed by atoms with E-state index in [1.54, 1.807) is 7.11 Å². The summed E-state index contributed by atoms with van der Waals surface area (Å²) in [5.74, 6) is 0.908. The van der Waals surface area contributed by atoms with E-state index < -0.39 is 0 Å². The molecule has 1 aliphatic rings. The fraction of sp³-hybridized carbons (Fsp3) is 0.600. The molecular formula is C15H22BrNO. The van der Waals surface area contributed by atoms with Gasteiger partial charge in [0, 0.05) is 16.1 Å². The highest BCUT2D eigenvalue weighted by Gasteiger charge is 2.39. The van der Waals surface area contributed by atoms with Gasteiger partial charge in [-0.2, -0.15) is 0 Å². The Hall–Kier alpha value is -0.540. The maximum absolute atomic E-state index is 6.59. The minimum absolute atomic E-state index is 0.0671. The van der Waals surface area contributed by atoms with Crippen LogP contribution in [0.5, 0.6) is 5.75 Å². The summed E-state index contributed by atoms with van der Waals surface area (Å²) in [5, 5.41) is 0. The van der Waals surface area contributed by atoms with E-state index in [-0.39, 0.29) is 11.5 Å². The molecule has 0 amide bonds. The summed E-state index contributed by atoms with van der Waals surface area (Å²) in [4.78, 5) is 0. The van der Waals surface area contributed by atoms with E-state index in [4.69, 9.17) is 10.5 Å². The van der Waals surface area contributed by atoms with Crippen LogP contribution in [0.15, 0.2) is 22.7 Å². The van der Waals surface area contributed by atoms with Crippen molar-refractivity contribution in [1.82, 2.24) is 0 Å². The van der Waals surface area contributed by atoms with Gasteiger partial charge in [0.2, 0.25) is 0 Å². The Morgan fingerprint density at radius 2 is 2.06 bits per heavy atom. The van der Waals surface area contributed by atoms with Crippen molar-refractivity contribution >= 4 is 15.9 Å². The van der Waals surface area contributed by atoms with Gasteiger partial charge < -0.3 is 10.5 Å². The largest absolute Gasteiger partial charge is 0.496 e. The van der Waals surface area contributed by atoms with E-state index in [9.17, 15) is 0 Å². The van der Waals surface area contributed by atoms with Crippen LogP contribution >= 0.6 is 15.9 Å². The fourth-order valence-electron chi connectivity index (χ4n) is 3.24. The number of methoxy groups -OCH3 is 1. The van der Waals surface area contributed by atoms with Crippen LogP contribution < -0.4 is 10.5 Å². The van der Waals surface area contributed by atoms with Crippen molar-refractivity contribution in [3.63, 3.8) is 0 Å². The van der Waals surface area contributed by atoms with Crippen molar-refractivity contribution in [1.29, 1.82) is 0 Å². The zero-order valence-electron chi connectivity index (χ0n) is 11.2. The average Bonchev–Trinajstić information content (AvgIpc) is 2.87. The Morgan fingerprint density at radius 1 is 1.39 bits per heavy atom. The molecule has 0 radical (unpaired) electrons. The van der Waals surface area contributed by atoms with E-state index >= 15 is 0 Å². The standard InChI is InChI=1S/C15H22BrNO/c1-3-15(8-4-5-9-15)14(17)12-10-11(16)6-7-13(12)18-2/h6-7,10,14H,3-5,8-9,17H2,1-2H3. The maximum atomic E-state index is 6.59. The number of ether oxygens (including phenoxy) is 1. The Labute approximate surface area is 118 Å². The second-order valence-corrected chi connectivity index (χ2v) is 6.20. The molecule has 3 heteroatoms. The first-order valence-electron chi connectivity index (χ1n) is 6.72. The van der Waals surface area contributed by atoms with E-state index in [0.29, 0.717) is 0 Å². The summed E-state index contributed by atoms with van der Waals surface area (Å²) in [6, 6.07) is 6.18. The van der Waals surface area contributed by atoms with Crippen LogP contribution in [-0.2, 0) is 0 Å². The van der Waals surface area contributed by atoms with Crippen molar-refractivity contribution < 1.29 is 4.74 Å². The molecular weight excluding hydrogens is 290 g/mol. The lowest BCUT2D eigenvalue weighted by Gasteiger charge is -2.35. The number of halogens is 1. The Bertz CT molecular complexity index is 413. The summed E-state index contributed by atoms with van der Waals surface area (Å²) in [5.41, 5.74) is 7.98. The number of rotatable bonds is 4. The lowest BCUT2D eigenvalue weighted by atomic mass is 9.74. The first-order valence-corrected chi connectivity index (χ1v) is 7.51. The average molecular weight is 312 g/mol. The summed E-state index contributed by atoms with van der Waals surface area (Å²) in [6.45, 7) is 2.26. The Morgan fingerprint density at radius 3 is 2.61 bits per heavy atom. The molecule has 0 aromatic heterocycles. The Kier molecular flexibility index (Phi) is 4.33.